The van der Waals surface area contributed by atoms with E-state index in [2.05, 4.69) is 9.71 Å². The number of hydrogen-bond donors (Lipinski definition) is 1. The number of rotatable bonds is 6. The smallest absolute Gasteiger partial charge is 0.325 e. The van der Waals surface area contributed by atoms with Gasteiger partial charge in [-0.25, -0.2) is 8.42 Å². The number of nitrogens with zero attached hydrogens (tertiary/aromatic N) is 2. The molecular weight excluding hydrogens is 510 g/mol. The number of nitrogens with one attached hydrogen (secondary N) is 1. The maximum absolute atomic E-state index is 13.2. The van der Waals surface area contributed by atoms with Crippen LogP contribution in [0.3, 0.4) is 0 Å². The lowest BCUT2D eigenvalue weighted by Crippen LogP contribution is -2.22. The fourth-order valence-electron chi connectivity index (χ4n) is 3.31. The van der Waals surface area contributed by atoms with E-state index < -0.39 is 21.9 Å². The van der Waals surface area contributed by atoms with Crippen LogP contribution < -0.4 is 9.52 Å². The minimum Gasteiger partial charge on any atom is -0.468 e. The minimum atomic E-state index is -3.93. The number of carbonyl (C=O) groups excluding carboxylic acids is 2. The molecule has 0 saturated carbocycles. The Bertz CT molecular complexity index is 1610. The number of aromatic nitrogens is 1. The lowest BCUT2D eigenvalue weighted by Gasteiger charge is -2.11. The molecule has 0 spiro atoms. The second-order valence-corrected chi connectivity index (χ2v) is 10.7. The van der Waals surface area contributed by atoms with Crippen LogP contribution >= 0.6 is 22.9 Å². The van der Waals surface area contributed by atoms with Crippen LogP contribution in [0.4, 0.5) is 5.69 Å². The van der Waals surface area contributed by atoms with Crippen LogP contribution in [-0.2, 0) is 26.1 Å². The van der Waals surface area contributed by atoms with Gasteiger partial charge in [-0.15, -0.1) is 0 Å². The predicted octanol–water partition coefficient (Wildman–Crippen LogP) is 4.38. The third-order valence-electron chi connectivity index (χ3n) is 5.09. The van der Waals surface area contributed by atoms with Crippen molar-refractivity contribution in [3.05, 3.63) is 87.7 Å². The van der Waals surface area contributed by atoms with Gasteiger partial charge in [-0.2, -0.15) is 4.99 Å². The summed E-state index contributed by atoms with van der Waals surface area (Å²) in [5, 5.41) is 0.498. The van der Waals surface area contributed by atoms with Crippen molar-refractivity contribution in [2.24, 2.45) is 4.99 Å². The molecule has 0 bridgehead atoms. The molecule has 180 valence electrons. The van der Waals surface area contributed by atoms with Gasteiger partial charge >= 0.3 is 5.97 Å². The number of esters is 1. The molecule has 1 heterocycles. The molecule has 1 aromatic heterocycles. The van der Waals surface area contributed by atoms with E-state index in [1.807, 2.05) is 6.92 Å². The van der Waals surface area contributed by atoms with Gasteiger partial charge in [-0.1, -0.05) is 52.8 Å². The Morgan fingerprint density at radius 2 is 1.80 bits per heavy atom. The highest BCUT2D eigenvalue weighted by atomic mass is 35.5. The fraction of sp³-hybridized carbons (Fsp3) is 0.125. The zero-order valence-electron chi connectivity index (χ0n) is 18.7. The van der Waals surface area contributed by atoms with Crippen LogP contribution in [0.1, 0.15) is 15.9 Å². The molecule has 0 aliphatic rings. The summed E-state index contributed by atoms with van der Waals surface area (Å²) in [7, 11) is -2.66. The first kappa shape index (κ1) is 24.6. The van der Waals surface area contributed by atoms with Crippen molar-refractivity contribution < 1.29 is 22.7 Å². The lowest BCUT2D eigenvalue weighted by molar-refractivity contribution is -0.141. The maximum Gasteiger partial charge on any atom is 0.325 e. The first-order valence-electron chi connectivity index (χ1n) is 10.3. The first-order chi connectivity index (χ1) is 16.7. The Labute approximate surface area is 210 Å². The first-order valence-corrected chi connectivity index (χ1v) is 13.0. The van der Waals surface area contributed by atoms with Gasteiger partial charge in [0.1, 0.15) is 6.54 Å². The molecule has 35 heavy (non-hydrogen) atoms. The molecule has 4 rings (SSSR count). The standard InChI is InChI=1S/C24H20ClN3O5S2/c1-15-7-10-17(11-8-15)35(31,32)27-19-6-4-3-5-18(19)23(30)26-24-28(14-22(29)33-2)20-12-9-16(25)13-21(20)34-24/h3-13,27H,14H2,1-2H3. The molecule has 3 aromatic carbocycles. The second kappa shape index (κ2) is 10.0. The molecule has 0 atom stereocenters. The summed E-state index contributed by atoms with van der Waals surface area (Å²) >= 11 is 7.27. The number of methoxy groups -OCH3 is 1. The van der Waals surface area contributed by atoms with Crippen LogP contribution in [-0.4, -0.2) is 32.0 Å². The number of thiazole rings is 1. The summed E-state index contributed by atoms with van der Waals surface area (Å²) in [6.45, 7) is 1.69. The summed E-state index contributed by atoms with van der Waals surface area (Å²) in [6, 6.07) is 17.7. The second-order valence-electron chi connectivity index (χ2n) is 7.54. The molecular formula is C24H20ClN3O5S2. The Morgan fingerprint density at radius 3 is 2.51 bits per heavy atom. The van der Waals surface area contributed by atoms with Gasteiger partial charge in [-0.3, -0.25) is 14.3 Å². The lowest BCUT2D eigenvalue weighted by atomic mass is 10.2. The number of carbonyl (C=O) groups is 2. The third-order valence-corrected chi connectivity index (χ3v) is 7.75. The normalized spacial score (nSPS) is 12.0. The average molecular weight is 530 g/mol. The van der Waals surface area contributed by atoms with E-state index in [0.29, 0.717) is 10.5 Å². The average Bonchev–Trinajstić information content (AvgIpc) is 3.14. The topological polar surface area (TPSA) is 107 Å². The summed E-state index contributed by atoms with van der Waals surface area (Å²) in [6.07, 6.45) is 0. The number of amides is 1. The van der Waals surface area contributed by atoms with Crippen molar-refractivity contribution >= 4 is 60.7 Å². The van der Waals surface area contributed by atoms with E-state index in [-0.39, 0.29) is 27.5 Å². The van der Waals surface area contributed by atoms with Gasteiger partial charge in [0, 0.05) is 5.02 Å². The predicted molar refractivity (Wildman–Crippen MR) is 135 cm³/mol. The SMILES string of the molecule is COC(=O)Cn1c(=NC(=O)c2ccccc2NS(=O)(=O)c2ccc(C)cc2)sc2cc(Cl)ccc21. The number of para-hydroxylation sites is 1. The molecule has 0 aliphatic carbocycles. The minimum absolute atomic E-state index is 0.0586. The third kappa shape index (κ3) is 5.45. The van der Waals surface area contributed by atoms with Crippen LogP contribution in [0, 0.1) is 6.92 Å². The molecule has 1 N–H and O–H groups in total. The zero-order chi connectivity index (χ0) is 25.2. The van der Waals surface area contributed by atoms with E-state index in [1.165, 1.54) is 42.7 Å². The van der Waals surface area contributed by atoms with Gasteiger partial charge in [0.25, 0.3) is 15.9 Å². The quantitative estimate of drug-likeness (QED) is 0.373. The highest BCUT2D eigenvalue weighted by Gasteiger charge is 2.19. The van der Waals surface area contributed by atoms with Crippen molar-refractivity contribution in [1.29, 1.82) is 0 Å². The Hall–Kier alpha value is -3.47. The summed E-state index contributed by atoms with van der Waals surface area (Å²) < 4.78 is 35.3. The van der Waals surface area contributed by atoms with Gasteiger partial charge in [0.15, 0.2) is 4.80 Å². The van der Waals surface area contributed by atoms with Gasteiger partial charge in [-0.05, 0) is 49.4 Å². The zero-order valence-corrected chi connectivity index (χ0v) is 21.1. The van der Waals surface area contributed by atoms with E-state index in [1.54, 1.807) is 47.0 Å². The summed E-state index contributed by atoms with van der Waals surface area (Å²) in [5.74, 6) is -1.19. The van der Waals surface area contributed by atoms with Crippen LogP contribution in [0.2, 0.25) is 5.02 Å². The van der Waals surface area contributed by atoms with Gasteiger partial charge in [0.2, 0.25) is 0 Å². The number of hydrogen-bond acceptors (Lipinski definition) is 6. The molecule has 8 nitrogen and oxygen atoms in total. The Balaban J connectivity index is 1.76. The number of halogens is 1. The van der Waals surface area contributed by atoms with Crippen molar-refractivity contribution in [1.82, 2.24) is 4.57 Å². The fourth-order valence-corrected chi connectivity index (χ4v) is 5.69. The van der Waals surface area contributed by atoms with Crippen LogP contribution in [0.25, 0.3) is 10.2 Å². The maximum atomic E-state index is 13.2. The van der Waals surface area contributed by atoms with Crippen molar-refractivity contribution in [2.75, 3.05) is 11.8 Å². The molecule has 0 unspecified atom stereocenters. The van der Waals surface area contributed by atoms with E-state index in [0.717, 1.165) is 10.3 Å². The highest BCUT2D eigenvalue weighted by molar-refractivity contribution is 7.92. The Kier molecular flexibility index (Phi) is 7.06. The van der Waals surface area contributed by atoms with Crippen molar-refractivity contribution in [3.63, 3.8) is 0 Å². The molecule has 1 amide bonds. The number of aryl methyl sites for hydroxylation is 1. The van der Waals surface area contributed by atoms with E-state index in [9.17, 15) is 18.0 Å². The molecule has 0 aliphatic heterocycles. The van der Waals surface area contributed by atoms with E-state index >= 15 is 0 Å². The van der Waals surface area contributed by atoms with Crippen LogP contribution in [0.5, 0.6) is 0 Å². The molecule has 0 saturated heterocycles. The molecule has 4 aromatic rings. The molecule has 0 fully saturated rings. The Morgan fingerprint density at radius 1 is 1.09 bits per heavy atom. The number of benzene rings is 3. The molecule has 0 radical (unpaired) electrons. The number of fused-ring (bicyclic) bond motifs is 1. The van der Waals surface area contributed by atoms with Gasteiger partial charge in [0.05, 0.1) is 33.5 Å². The van der Waals surface area contributed by atoms with Gasteiger partial charge < -0.3 is 9.30 Å². The number of sulfonamides is 1. The number of anilines is 1. The summed E-state index contributed by atoms with van der Waals surface area (Å²) in [5.41, 5.74) is 1.72. The largest absolute Gasteiger partial charge is 0.468 e. The van der Waals surface area contributed by atoms with Crippen molar-refractivity contribution in [3.8, 4) is 0 Å². The monoisotopic (exact) mass is 529 g/mol. The van der Waals surface area contributed by atoms with Crippen molar-refractivity contribution in [2.45, 2.75) is 18.4 Å². The number of ether oxygens (including phenoxy) is 1. The van der Waals surface area contributed by atoms with E-state index in [4.69, 9.17) is 16.3 Å². The molecule has 11 heteroatoms. The highest BCUT2D eigenvalue weighted by Crippen LogP contribution is 2.24. The van der Waals surface area contributed by atoms with Crippen LogP contribution in [0.15, 0.2) is 76.6 Å². The summed E-state index contributed by atoms with van der Waals surface area (Å²) in [4.78, 5) is 29.7.